The topological polar surface area (TPSA) is 112 Å². The largest absolute Gasteiger partial charge is 0.466 e. The summed E-state index contributed by atoms with van der Waals surface area (Å²) in [4.78, 5) is 50.9. The van der Waals surface area contributed by atoms with E-state index in [4.69, 9.17) is 18.9 Å². The lowest BCUT2D eigenvalue weighted by atomic mass is 9.90. The number of hydrogen-bond donors (Lipinski definition) is 0. The summed E-state index contributed by atoms with van der Waals surface area (Å²) in [5.41, 5.74) is 0.170. The molecule has 2 spiro atoms. The highest BCUT2D eigenvalue weighted by atomic mass is 16.6. The smallest absolute Gasteiger partial charge is 0.410 e. The van der Waals surface area contributed by atoms with E-state index in [0.29, 0.717) is 45.8 Å². The Morgan fingerprint density at radius 2 is 1.38 bits per heavy atom. The highest BCUT2D eigenvalue weighted by molar-refractivity contribution is 5.84. The van der Waals surface area contributed by atoms with E-state index in [-0.39, 0.29) is 40.9 Å². The van der Waals surface area contributed by atoms with E-state index in [1.807, 2.05) is 48.5 Å². The SMILES string of the molecule is CCOC(=O)/C=C1/CN(C(=O)OC(C)(C)C)CC12CC2.CCOC(=O)CC1CN(C(=O)OC(C)(C)C)CC12CC2. The number of carbonyl (C=O) groups is 4. The van der Waals surface area contributed by atoms with E-state index in [1.54, 1.807) is 22.8 Å². The third-order valence-electron chi connectivity index (χ3n) is 7.69. The number of hydrogen-bond acceptors (Lipinski definition) is 8. The standard InChI is InChI=1S/C15H25NO4.C15H23NO4/c2*1-5-19-12(17)8-11-9-16(10-15(11)6-7-15)13(18)20-14(2,3)4/h11H,5-10H2,1-4H3;8H,5-7,9-10H2,1-4H3/b;11-8-. The van der Waals surface area contributed by atoms with Gasteiger partial charge in [-0.05, 0) is 98.0 Å². The van der Waals surface area contributed by atoms with Crippen molar-refractivity contribution in [1.82, 2.24) is 9.80 Å². The summed E-state index contributed by atoms with van der Waals surface area (Å²) in [6.45, 7) is 17.9. The predicted octanol–water partition coefficient (Wildman–Crippen LogP) is 5.09. The molecule has 2 aliphatic carbocycles. The van der Waals surface area contributed by atoms with Crippen molar-refractivity contribution >= 4 is 24.1 Å². The number of carbonyl (C=O) groups excluding carboxylic acids is 4. The molecule has 0 radical (unpaired) electrons. The summed E-state index contributed by atoms with van der Waals surface area (Å²) in [5.74, 6) is -0.260. The van der Waals surface area contributed by atoms with E-state index < -0.39 is 11.2 Å². The summed E-state index contributed by atoms with van der Waals surface area (Å²) >= 11 is 0. The van der Waals surface area contributed by atoms with Crippen LogP contribution >= 0.6 is 0 Å². The van der Waals surface area contributed by atoms with Gasteiger partial charge in [0.05, 0.1) is 19.6 Å². The van der Waals surface area contributed by atoms with Gasteiger partial charge < -0.3 is 28.7 Å². The molecule has 10 heteroatoms. The van der Waals surface area contributed by atoms with Crippen LogP contribution in [0.3, 0.4) is 0 Å². The molecule has 4 rings (SSSR count). The van der Waals surface area contributed by atoms with Crippen LogP contribution in [0.2, 0.25) is 0 Å². The Bertz CT molecular complexity index is 998. The molecule has 226 valence electrons. The Morgan fingerprint density at radius 3 is 1.85 bits per heavy atom. The van der Waals surface area contributed by atoms with Crippen LogP contribution in [-0.4, -0.2) is 84.5 Å². The Morgan fingerprint density at radius 1 is 0.825 bits per heavy atom. The molecule has 4 aliphatic rings. The Kier molecular flexibility index (Phi) is 9.51. The zero-order chi connectivity index (χ0) is 29.9. The zero-order valence-corrected chi connectivity index (χ0v) is 25.6. The molecule has 0 N–H and O–H groups in total. The molecule has 0 bridgehead atoms. The number of likely N-dealkylation sites (tertiary alicyclic amines) is 2. The summed E-state index contributed by atoms with van der Waals surface area (Å²) < 4.78 is 20.8. The number of amides is 2. The van der Waals surface area contributed by atoms with Crippen molar-refractivity contribution < 1.29 is 38.1 Å². The summed E-state index contributed by atoms with van der Waals surface area (Å²) in [6.07, 6.45) is 5.63. The van der Waals surface area contributed by atoms with Crippen molar-refractivity contribution in [3.63, 3.8) is 0 Å². The first kappa shape index (κ1) is 31.7. The molecule has 10 nitrogen and oxygen atoms in total. The van der Waals surface area contributed by atoms with E-state index in [0.717, 1.165) is 31.3 Å². The molecule has 1 atom stereocenters. The van der Waals surface area contributed by atoms with Crippen LogP contribution in [0.5, 0.6) is 0 Å². The normalized spacial score (nSPS) is 23.0. The van der Waals surface area contributed by atoms with Gasteiger partial charge in [-0.15, -0.1) is 0 Å². The van der Waals surface area contributed by atoms with E-state index in [9.17, 15) is 19.2 Å². The van der Waals surface area contributed by atoms with Gasteiger partial charge in [0, 0.05) is 37.7 Å². The fourth-order valence-corrected chi connectivity index (χ4v) is 5.43. The molecule has 2 amide bonds. The molecule has 40 heavy (non-hydrogen) atoms. The summed E-state index contributed by atoms with van der Waals surface area (Å²) in [6, 6.07) is 0. The monoisotopic (exact) mass is 564 g/mol. The van der Waals surface area contributed by atoms with Gasteiger partial charge in [-0.25, -0.2) is 14.4 Å². The molecule has 0 aromatic rings. The molecule has 0 aromatic carbocycles. The quantitative estimate of drug-likeness (QED) is 0.258. The Balaban J connectivity index is 0.000000220. The van der Waals surface area contributed by atoms with Gasteiger partial charge in [-0.2, -0.15) is 0 Å². The molecule has 2 saturated carbocycles. The Hall–Kier alpha value is -2.78. The fraction of sp³-hybridized carbons (Fsp3) is 0.800. The van der Waals surface area contributed by atoms with Crippen LogP contribution in [0.4, 0.5) is 9.59 Å². The average molecular weight is 565 g/mol. The zero-order valence-electron chi connectivity index (χ0n) is 25.6. The van der Waals surface area contributed by atoms with Crippen molar-refractivity contribution in [2.45, 2.75) is 98.7 Å². The summed E-state index contributed by atoms with van der Waals surface area (Å²) in [5, 5.41) is 0. The van der Waals surface area contributed by atoms with Gasteiger partial charge in [0.25, 0.3) is 0 Å². The van der Waals surface area contributed by atoms with Crippen LogP contribution in [0, 0.1) is 16.7 Å². The molecule has 2 heterocycles. The van der Waals surface area contributed by atoms with Gasteiger partial charge in [-0.1, -0.05) is 0 Å². The van der Waals surface area contributed by atoms with Crippen LogP contribution in [0.15, 0.2) is 11.6 Å². The van der Waals surface area contributed by atoms with Gasteiger partial charge >= 0.3 is 24.1 Å². The first-order valence-electron chi connectivity index (χ1n) is 14.5. The second kappa shape index (κ2) is 12.0. The fourth-order valence-electron chi connectivity index (χ4n) is 5.43. The van der Waals surface area contributed by atoms with E-state index >= 15 is 0 Å². The third-order valence-corrected chi connectivity index (χ3v) is 7.69. The van der Waals surface area contributed by atoms with Crippen LogP contribution in [0.25, 0.3) is 0 Å². The maximum Gasteiger partial charge on any atom is 0.410 e. The second-order valence-electron chi connectivity index (χ2n) is 13.5. The molecule has 1 unspecified atom stereocenters. The summed E-state index contributed by atoms with van der Waals surface area (Å²) in [7, 11) is 0. The lowest BCUT2D eigenvalue weighted by Crippen LogP contribution is -2.35. The van der Waals surface area contributed by atoms with Crippen molar-refractivity contribution in [2.75, 3.05) is 39.4 Å². The number of esters is 2. The van der Waals surface area contributed by atoms with Crippen LogP contribution < -0.4 is 0 Å². The molecule has 0 aromatic heterocycles. The molecule has 2 aliphatic heterocycles. The van der Waals surface area contributed by atoms with E-state index in [1.165, 1.54) is 0 Å². The van der Waals surface area contributed by atoms with Crippen molar-refractivity contribution in [3.05, 3.63) is 11.6 Å². The predicted molar refractivity (Wildman–Crippen MR) is 148 cm³/mol. The highest BCUT2D eigenvalue weighted by Gasteiger charge is 2.57. The second-order valence-corrected chi connectivity index (χ2v) is 13.5. The lowest BCUT2D eigenvalue weighted by molar-refractivity contribution is -0.144. The van der Waals surface area contributed by atoms with Gasteiger partial charge in [-0.3, -0.25) is 4.79 Å². The van der Waals surface area contributed by atoms with Crippen molar-refractivity contribution in [3.8, 4) is 0 Å². The molecular formula is C30H48N2O8. The minimum absolute atomic E-state index is 0.00364. The van der Waals surface area contributed by atoms with Gasteiger partial charge in [0.2, 0.25) is 0 Å². The maximum absolute atomic E-state index is 12.1. The van der Waals surface area contributed by atoms with Gasteiger partial charge in [0.1, 0.15) is 11.2 Å². The highest BCUT2D eigenvalue weighted by Crippen LogP contribution is 2.58. The molecule has 4 fully saturated rings. The van der Waals surface area contributed by atoms with Crippen LogP contribution in [0.1, 0.15) is 87.5 Å². The average Bonchev–Trinajstić information content (AvgIpc) is 3.68. The number of ether oxygens (including phenoxy) is 4. The van der Waals surface area contributed by atoms with Gasteiger partial charge in [0.15, 0.2) is 0 Å². The minimum Gasteiger partial charge on any atom is -0.466 e. The van der Waals surface area contributed by atoms with Crippen molar-refractivity contribution in [1.29, 1.82) is 0 Å². The van der Waals surface area contributed by atoms with Crippen LogP contribution in [-0.2, 0) is 28.5 Å². The minimum atomic E-state index is -0.499. The lowest BCUT2D eigenvalue weighted by Gasteiger charge is -2.24. The first-order chi connectivity index (χ1) is 18.5. The maximum atomic E-state index is 12.1. The third kappa shape index (κ3) is 8.61. The van der Waals surface area contributed by atoms with Crippen molar-refractivity contribution in [2.24, 2.45) is 16.7 Å². The molecular weight excluding hydrogens is 516 g/mol. The number of nitrogens with zero attached hydrogens (tertiary/aromatic N) is 2. The molecule has 2 saturated heterocycles. The van der Waals surface area contributed by atoms with E-state index in [2.05, 4.69) is 0 Å². The number of rotatable bonds is 5. The Labute approximate surface area is 238 Å². The first-order valence-corrected chi connectivity index (χ1v) is 14.5.